The van der Waals surface area contributed by atoms with E-state index in [9.17, 15) is 4.79 Å². The monoisotopic (exact) mass is 282 g/mol. The van der Waals surface area contributed by atoms with Crippen LogP contribution in [-0.4, -0.2) is 12.5 Å². The summed E-state index contributed by atoms with van der Waals surface area (Å²) in [6.07, 6.45) is 2.79. The van der Waals surface area contributed by atoms with E-state index in [2.05, 4.69) is 45.6 Å². The van der Waals surface area contributed by atoms with E-state index in [0.717, 1.165) is 35.0 Å². The Morgan fingerprint density at radius 2 is 2.44 bits per heavy atom. The summed E-state index contributed by atoms with van der Waals surface area (Å²) >= 11 is 3.46. The van der Waals surface area contributed by atoms with E-state index in [-0.39, 0.29) is 6.04 Å². The van der Waals surface area contributed by atoms with E-state index in [1.54, 1.807) is 0 Å². The summed E-state index contributed by atoms with van der Waals surface area (Å²) in [6.45, 7) is 2.15. The number of anilines is 1. The van der Waals surface area contributed by atoms with Gasteiger partial charge in [-0.3, -0.25) is 4.79 Å². The van der Waals surface area contributed by atoms with Gasteiger partial charge < -0.3 is 10.6 Å². The molecule has 1 aromatic rings. The minimum atomic E-state index is 0.121. The minimum Gasteiger partial charge on any atom is -0.382 e. The highest BCUT2D eigenvalue weighted by Crippen LogP contribution is 2.34. The summed E-state index contributed by atoms with van der Waals surface area (Å²) < 4.78 is 1.04. The van der Waals surface area contributed by atoms with Gasteiger partial charge in [0.15, 0.2) is 0 Å². The van der Waals surface area contributed by atoms with E-state index in [4.69, 9.17) is 0 Å². The second-order valence-corrected chi connectivity index (χ2v) is 4.97. The largest absolute Gasteiger partial charge is 0.382 e. The Labute approximate surface area is 104 Å². The van der Waals surface area contributed by atoms with Crippen LogP contribution in [-0.2, 0) is 4.79 Å². The van der Waals surface area contributed by atoms with Crippen molar-refractivity contribution in [3.05, 3.63) is 28.2 Å². The van der Waals surface area contributed by atoms with Gasteiger partial charge in [-0.15, -0.1) is 0 Å². The molecule has 0 saturated heterocycles. The van der Waals surface area contributed by atoms with Crippen molar-refractivity contribution in [2.75, 3.05) is 5.32 Å². The highest BCUT2D eigenvalue weighted by molar-refractivity contribution is 9.10. The van der Waals surface area contributed by atoms with Gasteiger partial charge in [0, 0.05) is 16.2 Å². The molecular formula is C12H15BrN2O. The zero-order chi connectivity index (χ0) is 11.5. The molecule has 3 nitrogen and oxygen atoms in total. The topological polar surface area (TPSA) is 41.1 Å². The lowest BCUT2D eigenvalue weighted by Crippen LogP contribution is -2.33. The Morgan fingerprint density at radius 1 is 1.62 bits per heavy atom. The van der Waals surface area contributed by atoms with Crippen molar-refractivity contribution < 1.29 is 4.79 Å². The molecule has 1 aliphatic rings. The standard InChI is InChI=1S/C12H15BrN2O/c1-2-9-6-12(14-7-16)10-5-8(13)3-4-11(10)15-9/h3-5,7,9,12,15H,2,6H2,1H3,(H,14,16)/t9-,12+/m1/s1. The van der Waals surface area contributed by atoms with Crippen LogP contribution in [0.3, 0.4) is 0 Å². The van der Waals surface area contributed by atoms with Crippen LogP contribution in [0.2, 0.25) is 0 Å². The van der Waals surface area contributed by atoms with E-state index in [0.29, 0.717) is 6.04 Å². The van der Waals surface area contributed by atoms with Gasteiger partial charge in [0.2, 0.25) is 6.41 Å². The molecule has 0 saturated carbocycles. The first kappa shape index (κ1) is 11.5. The van der Waals surface area contributed by atoms with Crippen LogP contribution < -0.4 is 10.6 Å². The predicted octanol–water partition coefficient (Wildman–Crippen LogP) is 2.83. The van der Waals surface area contributed by atoms with E-state index >= 15 is 0 Å². The molecule has 1 heterocycles. The molecule has 1 amide bonds. The van der Waals surface area contributed by atoms with E-state index < -0.39 is 0 Å². The number of halogens is 1. The summed E-state index contributed by atoms with van der Waals surface area (Å²) in [7, 11) is 0. The van der Waals surface area contributed by atoms with Crippen LogP contribution in [0, 0.1) is 0 Å². The third-order valence-corrected chi connectivity index (χ3v) is 3.52. The summed E-state index contributed by atoms with van der Waals surface area (Å²) in [6, 6.07) is 6.69. The van der Waals surface area contributed by atoms with Crippen molar-refractivity contribution in [1.29, 1.82) is 0 Å². The highest BCUT2D eigenvalue weighted by Gasteiger charge is 2.25. The molecule has 0 unspecified atom stereocenters. The van der Waals surface area contributed by atoms with Crippen LogP contribution in [0.5, 0.6) is 0 Å². The molecule has 16 heavy (non-hydrogen) atoms. The number of carbonyl (C=O) groups is 1. The molecule has 0 aromatic heterocycles. The number of nitrogens with one attached hydrogen (secondary N) is 2. The molecule has 0 fully saturated rings. The Bertz CT molecular complexity index is 395. The molecule has 0 spiro atoms. The van der Waals surface area contributed by atoms with Crippen molar-refractivity contribution in [3.8, 4) is 0 Å². The van der Waals surface area contributed by atoms with Crippen molar-refractivity contribution in [2.24, 2.45) is 0 Å². The third kappa shape index (κ3) is 2.21. The maximum atomic E-state index is 10.6. The molecule has 4 heteroatoms. The smallest absolute Gasteiger partial charge is 0.207 e. The fraction of sp³-hybridized carbons (Fsp3) is 0.417. The normalized spacial score (nSPS) is 23.1. The average molecular weight is 283 g/mol. The van der Waals surface area contributed by atoms with Gasteiger partial charge in [-0.2, -0.15) is 0 Å². The van der Waals surface area contributed by atoms with Crippen LogP contribution in [0.4, 0.5) is 5.69 Å². The summed E-state index contributed by atoms with van der Waals surface area (Å²) in [5.41, 5.74) is 2.28. The molecular weight excluding hydrogens is 268 g/mol. The number of amides is 1. The third-order valence-electron chi connectivity index (χ3n) is 3.03. The van der Waals surface area contributed by atoms with E-state index in [1.165, 1.54) is 0 Å². The Morgan fingerprint density at radius 3 is 3.12 bits per heavy atom. The molecule has 86 valence electrons. The van der Waals surface area contributed by atoms with Gasteiger partial charge in [-0.1, -0.05) is 22.9 Å². The first-order chi connectivity index (χ1) is 7.74. The number of hydrogen-bond donors (Lipinski definition) is 2. The molecule has 2 N–H and O–H groups in total. The minimum absolute atomic E-state index is 0.121. The molecule has 2 atom stereocenters. The lowest BCUT2D eigenvalue weighted by atomic mass is 9.92. The van der Waals surface area contributed by atoms with Gasteiger partial charge in [-0.05, 0) is 36.6 Å². The maximum Gasteiger partial charge on any atom is 0.207 e. The van der Waals surface area contributed by atoms with Gasteiger partial charge in [0.1, 0.15) is 0 Å². The average Bonchev–Trinajstić information content (AvgIpc) is 2.30. The van der Waals surface area contributed by atoms with Gasteiger partial charge in [0.25, 0.3) is 0 Å². The van der Waals surface area contributed by atoms with Crippen molar-refractivity contribution in [1.82, 2.24) is 5.32 Å². The molecule has 0 aliphatic carbocycles. The Balaban J connectivity index is 2.34. The number of fused-ring (bicyclic) bond motifs is 1. The van der Waals surface area contributed by atoms with Gasteiger partial charge in [-0.25, -0.2) is 0 Å². The maximum absolute atomic E-state index is 10.6. The molecule has 2 rings (SSSR count). The molecule has 1 aliphatic heterocycles. The second kappa shape index (κ2) is 4.87. The summed E-state index contributed by atoms with van der Waals surface area (Å²) in [5.74, 6) is 0. The van der Waals surface area contributed by atoms with E-state index in [1.807, 2.05) is 6.07 Å². The molecule has 0 radical (unpaired) electrons. The SMILES string of the molecule is CC[C@@H]1C[C@H](NC=O)c2cc(Br)ccc2N1. The lowest BCUT2D eigenvalue weighted by molar-refractivity contribution is -0.110. The molecule has 0 bridgehead atoms. The zero-order valence-corrected chi connectivity index (χ0v) is 10.8. The fourth-order valence-electron chi connectivity index (χ4n) is 2.15. The first-order valence-corrected chi connectivity index (χ1v) is 6.29. The predicted molar refractivity (Wildman–Crippen MR) is 68.4 cm³/mol. The number of rotatable bonds is 3. The zero-order valence-electron chi connectivity index (χ0n) is 9.16. The van der Waals surface area contributed by atoms with Crippen molar-refractivity contribution >= 4 is 28.0 Å². The van der Waals surface area contributed by atoms with Gasteiger partial charge in [0.05, 0.1) is 6.04 Å². The molecule has 1 aromatic carbocycles. The van der Waals surface area contributed by atoms with Crippen LogP contribution in [0.15, 0.2) is 22.7 Å². The summed E-state index contributed by atoms with van der Waals surface area (Å²) in [4.78, 5) is 10.6. The first-order valence-electron chi connectivity index (χ1n) is 5.50. The number of hydrogen-bond acceptors (Lipinski definition) is 2. The van der Waals surface area contributed by atoms with Gasteiger partial charge >= 0.3 is 0 Å². The van der Waals surface area contributed by atoms with Crippen LogP contribution >= 0.6 is 15.9 Å². The van der Waals surface area contributed by atoms with Crippen molar-refractivity contribution in [2.45, 2.75) is 31.8 Å². The Hall–Kier alpha value is -1.03. The number of benzene rings is 1. The van der Waals surface area contributed by atoms with Crippen molar-refractivity contribution in [3.63, 3.8) is 0 Å². The fourth-order valence-corrected chi connectivity index (χ4v) is 2.53. The number of carbonyl (C=O) groups excluding carboxylic acids is 1. The quantitative estimate of drug-likeness (QED) is 0.837. The Kier molecular flexibility index (Phi) is 3.49. The van der Waals surface area contributed by atoms with Crippen LogP contribution in [0.1, 0.15) is 31.4 Å². The second-order valence-electron chi connectivity index (χ2n) is 4.05. The summed E-state index contributed by atoms with van der Waals surface area (Å²) in [5, 5.41) is 6.38. The van der Waals surface area contributed by atoms with Crippen LogP contribution in [0.25, 0.3) is 0 Å². The highest BCUT2D eigenvalue weighted by atomic mass is 79.9. The lowest BCUT2D eigenvalue weighted by Gasteiger charge is -2.32.